The van der Waals surface area contributed by atoms with E-state index in [9.17, 15) is 0 Å². The highest BCUT2D eigenvalue weighted by atomic mass is 32.2. The predicted molar refractivity (Wildman–Crippen MR) is 200 cm³/mol. The number of benzene rings is 7. The van der Waals surface area contributed by atoms with Crippen molar-refractivity contribution in [2.45, 2.75) is 29.1 Å². The molecule has 3 heteroatoms. The second-order valence-corrected chi connectivity index (χ2v) is 14.4. The van der Waals surface area contributed by atoms with Crippen molar-refractivity contribution in [3.8, 4) is 56.0 Å². The fourth-order valence-electron chi connectivity index (χ4n) is 7.92. The van der Waals surface area contributed by atoms with Crippen LogP contribution in [0, 0.1) is 0 Å². The van der Waals surface area contributed by atoms with Crippen molar-refractivity contribution in [3.05, 3.63) is 157 Å². The molecule has 226 valence electrons. The summed E-state index contributed by atoms with van der Waals surface area (Å²) in [5.74, 6) is 0.737. The van der Waals surface area contributed by atoms with Crippen molar-refractivity contribution in [3.63, 3.8) is 0 Å². The van der Waals surface area contributed by atoms with Gasteiger partial charge in [0, 0.05) is 31.7 Å². The molecule has 0 fully saturated rings. The van der Waals surface area contributed by atoms with Gasteiger partial charge in [0.1, 0.15) is 0 Å². The number of nitrogens with zero attached hydrogens (tertiary/aromatic N) is 2. The van der Waals surface area contributed by atoms with Gasteiger partial charge in [-0.1, -0.05) is 159 Å². The topological polar surface area (TPSA) is 25.8 Å². The van der Waals surface area contributed by atoms with Gasteiger partial charge in [-0.15, -0.1) is 0 Å². The van der Waals surface area contributed by atoms with Crippen LogP contribution in [0.15, 0.2) is 155 Å². The summed E-state index contributed by atoms with van der Waals surface area (Å²) in [7, 11) is 0. The number of fused-ring (bicyclic) bond motifs is 6. The van der Waals surface area contributed by atoms with Crippen LogP contribution in [0.4, 0.5) is 0 Å². The van der Waals surface area contributed by atoms with Crippen molar-refractivity contribution in [1.82, 2.24) is 9.97 Å². The van der Waals surface area contributed by atoms with Crippen molar-refractivity contribution >= 4 is 33.4 Å². The highest BCUT2D eigenvalue weighted by Crippen LogP contribution is 2.52. The van der Waals surface area contributed by atoms with Crippen LogP contribution in [0.25, 0.3) is 77.7 Å². The lowest BCUT2D eigenvalue weighted by molar-refractivity contribution is 0.608. The van der Waals surface area contributed by atoms with E-state index in [2.05, 4.69) is 159 Å². The molecule has 0 saturated carbocycles. The third-order valence-electron chi connectivity index (χ3n) is 10.3. The monoisotopic (exact) mass is 630 g/mol. The molecule has 0 saturated heterocycles. The molecule has 0 radical (unpaired) electrons. The molecule has 2 aliphatic rings. The summed E-state index contributed by atoms with van der Waals surface area (Å²) in [6, 6.07) is 52.7. The normalized spacial score (nSPS) is 13.7. The van der Waals surface area contributed by atoms with Gasteiger partial charge in [0.2, 0.25) is 0 Å². The van der Waals surface area contributed by atoms with Gasteiger partial charge in [0.25, 0.3) is 0 Å². The highest BCUT2D eigenvalue weighted by Gasteiger charge is 2.34. The van der Waals surface area contributed by atoms with E-state index < -0.39 is 0 Å². The number of para-hydroxylation sites is 1. The van der Waals surface area contributed by atoms with E-state index >= 15 is 0 Å². The maximum Gasteiger partial charge on any atom is 0.160 e. The lowest BCUT2D eigenvalue weighted by atomic mass is 9.77. The third kappa shape index (κ3) is 3.95. The van der Waals surface area contributed by atoms with E-state index in [-0.39, 0.29) is 5.41 Å². The van der Waals surface area contributed by atoms with Gasteiger partial charge >= 0.3 is 0 Å². The fourth-order valence-corrected chi connectivity index (χ4v) is 9.45. The second-order valence-electron chi connectivity index (χ2n) is 13.3. The Hall–Kier alpha value is -5.51. The number of hydrogen-bond acceptors (Lipinski definition) is 3. The van der Waals surface area contributed by atoms with Crippen LogP contribution >= 0.6 is 11.8 Å². The third-order valence-corrected chi connectivity index (χ3v) is 11.5. The van der Waals surface area contributed by atoms with E-state index in [0.717, 1.165) is 33.5 Å². The zero-order valence-corrected chi connectivity index (χ0v) is 27.5. The molecule has 1 aliphatic carbocycles. The Kier molecular flexibility index (Phi) is 5.89. The first-order chi connectivity index (χ1) is 23.6. The predicted octanol–water partition coefficient (Wildman–Crippen LogP) is 12.2. The van der Waals surface area contributed by atoms with E-state index in [1.165, 1.54) is 65.1 Å². The molecule has 48 heavy (non-hydrogen) atoms. The van der Waals surface area contributed by atoms with Crippen LogP contribution in [0.3, 0.4) is 0 Å². The lowest BCUT2D eigenvalue weighted by Gasteiger charge is -2.35. The van der Waals surface area contributed by atoms with Crippen LogP contribution < -0.4 is 0 Å². The summed E-state index contributed by atoms with van der Waals surface area (Å²) < 4.78 is 0. The highest BCUT2D eigenvalue weighted by molar-refractivity contribution is 7.99. The van der Waals surface area contributed by atoms with Gasteiger partial charge in [-0.05, 0) is 67.4 Å². The fraction of sp³-hybridized carbons (Fsp3) is 0.0667. The van der Waals surface area contributed by atoms with Crippen LogP contribution in [-0.2, 0) is 5.41 Å². The summed E-state index contributed by atoms with van der Waals surface area (Å²) >= 11 is 1.89. The summed E-state index contributed by atoms with van der Waals surface area (Å²) in [6.07, 6.45) is 0. The van der Waals surface area contributed by atoms with Gasteiger partial charge in [-0.25, -0.2) is 9.97 Å². The van der Waals surface area contributed by atoms with Crippen LogP contribution in [0.2, 0.25) is 0 Å². The zero-order chi connectivity index (χ0) is 32.0. The SMILES string of the molecule is CC1(C)c2ccccc2Sc2c(-c3ccc(-c4nc(-c5ccc6c7c(cccc57)-c5ccccc5-6)c5ccccc5n4)cc3)cccc21. The molecule has 7 aromatic carbocycles. The Balaban J connectivity index is 1.10. The molecule has 2 heterocycles. The van der Waals surface area contributed by atoms with Crippen LogP contribution in [0.5, 0.6) is 0 Å². The van der Waals surface area contributed by atoms with E-state index in [0.29, 0.717) is 0 Å². The Bertz CT molecular complexity index is 2590. The molecule has 0 spiro atoms. The molecule has 1 aromatic heterocycles. The summed E-state index contributed by atoms with van der Waals surface area (Å²) in [4.78, 5) is 13.1. The van der Waals surface area contributed by atoms with Gasteiger partial charge in [-0.2, -0.15) is 0 Å². The molecule has 8 aromatic rings. The summed E-state index contributed by atoms with van der Waals surface area (Å²) in [5.41, 5.74) is 14.4. The van der Waals surface area contributed by atoms with Crippen molar-refractivity contribution in [2.24, 2.45) is 0 Å². The number of aromatic nitrogens is 2. The van der Waals surface area contributed by atoms with Gasteiger partial charge in [-0.3, -0.25) is 0 Å². The quantitative estimate of drug-likeness (QED) is 0.194. The van der Waals surface area contributed by atoms with Gasteiger partial charge in [0.05, 0.1) is 11.2 Å². The van der Waals surface area contributed by atoms with Gasteiger partial charge in [0.15, 0.2) is 5.82 Å². The molecule has 0 atom stereocenters. The molecule has 10 rings (SSSR count). The van der Waals surface area contributed by atoms with E-state index in [1.807, 2.05) is 11.8 Å². The first-order valence-electron chi connectivity index (χ1n) is 16.5. The van der Waals surface area contributed by atoms with E-state index in [1.54, 1.807) is 0 Å². The van der Waals surface area contributed by atoms with Crippen LogP contribution in [0.1, 0.15) is 25.0 Å². The molecule has 2 nitrogen and oxygen atoms in total. The minimum absolute atomic E-state index is 0.0616. The Morgan fingerprint density at radius 1 is 0.458 bits per heavy atom. The van der Waals surface area contributed by atoms with Crippen LogP contribution in [-0.4, -0.2) is 9.97 Å². The Morgan fingerprint density at radius 2 is 1.06 bits per heavy atom. The standard InChI is InChI=1S/C45H30N2S/c1-45(2)37-17-6-8-20-40(37)48-43-29(14-10-18-38(43)45)27-21-23-28(24-22-27)44-46-39-19-7-5-13-36(39)42(47-44)35-26-25-34-31-12-4-3-11-30(31)32-15-9-16-33(35)41(32)34/h3-26H,1-2H3. The molecular weight excluding hydrogens is 601 g/mol. The minimum Gasteiger partial charge on any atom is -0.228 e. The second kappa shape index (κ2) is 10.2. The summed E-state index contributed by atoms with van der Waals surface area (Å²) in [6.45, 7) is 4.68. The average Bonchev–Trinajstić information content (AvgIpc) is 3.46. The molecule has 1 aliphatic heterocycles. The first kappa shape index (κ1) is 27.6. The molecular formula is C45H30N2S. The molecule has 0 amide bonds. The maximum atomic E-state index is 5.32. The maximum absolute atomic E-state index is 5.32. The van der Waals surface area contributed by atoms with Gasteiger partial charge < -0.3 is 0 Å². The molecule has 0 N–H and O–H groups in total. The average molecular weight is 631 g/mol. The smallest absolute Gasteiger partial charge is 0.160 e. The zero-order valence-electron chi connectivity index (χ0n) is 26.7. The van der Waals surface area contributed by atoms with E-state index in [4.69, 9.17) is 9.97 Å². The first-order valence-corrected chi connectivity index (χ1v) is 17.3. The van der Waals surface area contributed by atoms with Crippen molar-refractivity contribution in [1.29, 1.82) is 0 Å². The summed E-state index contributed by atoms with van der Waals surface area (Å²) in [5, 5.41) is 3.59. The number of hydrogen-bond donors (Lipinski definition) is 0. The molecule has 0 bridgehead atoms. The largest absolute Gasteiger partial charge is 0.228 e. The van der Waals surface area contributed by atoms with Crippen molar-refractivity contribution < 1.29 is 0 Å². The minimum atomic E-state index is -0.0616. The number of rotatable bonds is 3. The van der Waals surface area contributed by atoms with Crippen molar-refractivity contribution in [2.75, 3.05) is 0 Å². The Labute approximate surface area is 284 Å². The lowest BCUT2D eigenvalue weighted by Crippen LogP contribution is -2.23. The Morgan fingerprint density at radius 3 is 1.92 bits per heavy atom. The molecule has 0 unspecified atom stereocenters.